The minimum Gasteiger partial charge on any atom is -0.352 e. The van der Waals surface area contributed by atoms with E-state index in [1.807, 2.05) is 0 Å². The lowest BCUT2D eigenvalue weighted by Crippen LogP contribution is -2.53. The number of nitrogens with one attached hydrogen (secondary N) is 1. The van der Waals surface area contributed by atoms with Gasteiger partial charge < -0.3 is 10.2 Å². The fourth-order valence-electron chi connectivity index (χ4n) is 4.85. The maximum absolute atomic E-state index is 14.0. The molecule has 0 aromatic heterocycles. The molecule has 0 saturated heterocycles. The van der Waals surface area contributed by atoms with Gasteiger partial charge in [0.2, 0.25) is 11.8 Å². The Morgan fingerprint density at radius 2 is 1.63 bits per heavy atom. The van der Waals surface area contributed by atoms with Gasteiger partial charge in [-0.2, -0.15) is 0 Å². The van der Waals surface area contributed by atoms with Gasteiger partial charge in [-0.3, -0.25) is 13.9 Å². The van der Waals surface area contributed by atoms with Gasteiger partial charge in [-0.05, 0) is 67.8 Å². The molecule has 0 radical (unpaired) electrons. The second kappa shape index (κ2) is 13.7. The molecular weight excluding hydrogens is 588 g/mol. The Labute approximate surface area is 250 Å². The van der Waals surface area contributed by atoms with Crippen LogP contribution in [0.25, 0.3) is 0 Å². The van der Waals surface area contributed by atoms with Crippen molar-refractivity contribution in [2.45, 2.75) is 62.6 Å². The van der Waals surface area contributed by atoms with Gasteiger partial charge in [-0.25, -0.2) is 12.8 Å². The summed E-state index contributed by atoms with van der Waals surface area (Å²) >= 11 is 12.6. The summed E-state index contributed by atoms with van der Waals surface area (Å²) in [7, 11) is -4.28. The van der Waals surface area contributed by atoms with Crippen molar-refractivity contribution in [3.8, 4) is 0 Å². The largest absolute Gasteiger partial charge is 0.352 e. The highest BCUT2D eigenvalue weighted by Crippen LogP contribution is 2.33. The Morgan fingerprint density at radius 3 is 2.29 bits per heavy atom. The van der Waals surface area contributed by atoms with E-state index in [0.29, 0.717) is 5.56 Å². The molecule has 3 aromatic rings. The molecule has 0 heterocycles. The number of halogens is 3. The minimum absolute atomic E-state index is 0.0155. The standard InChI is InChI=1S/C30H32Cl2FN3O4S/c1-21(30(38)34-25-8-4-2-5-9-25)35(19-22-12-15-24(33)16-13-22)29(37)20-36(28-18-23(31)14-17-27(28)32)41(39,40)26-10-6-3-7-11-26/h3,6-7,10-18,21,25H,2,4-5,8-9,19-20H2,1H3,(H,34,38)/t21-/m0/s1. The van der Waals surface area contributed by atoms with Crippen molar-refractivity contribution in [2.75, 3.05) is 10.8 Å². The predicted molar refractivity (Wildman–Crippen MR) is 159 cm³/mol. The number of anilines is 1. The molecule has 0 unspecified atom stereocenters. The highest BCUT2D eigenvalue weighted by atomic mass is 35.5. The number of carbonyl (C=O) groups excluding carboxylic acids is 2. The van der Waals surface area contributed by atoms with E-state index in [-0.39, 0.29) is 39.1 Å². The zero-order valence-electron chi connectivity index (χ0n) is 22.6. The third-order valence-electron chi connectivity index (χ3n) is 7.17. The number of carbonyl (C=O) groups is 2. The quantitative estimate of drug-likeness (QED) is 0.293. The molecule has 1 fully saturated rings. The van der Waals surface area contributed by atoms with E-state index in [9.17, 15) is 22.4 Å². The Bertz CT molecular complexity index is 1470. The molecule has 1 aliphatic carbocycles. The number of hydrogen-bond donors (Lipinski definition) is 1. The average Bonchev–Trinajstić information content (AvgIpc) is 2.97. The van der Waals surface area contributed by atoms with Crippen LogP contribution in [0.15, 0.2) is 77.7 Å². The lowest BCUT2D eigenvalue weighted by Gasteiger charge is -2.33. The molecule has 1 saturated carbocycles. The molecule has 0 aliphatic heterocycles. The van der Waals surface area contributed by atoms with Crippen LogP contribution in [0.1, 0.15) is 44.6 Å². The normalized spacial score (nSPS) is 14.7. The summed E-state index contributed by atoms with van der Waals surface area (Å²) in [5.41, 5.74) is 0.604. The van der Waals surface area contributed by atoms with E-state index in [1.54, 1.807) is 25.1 Å². The van der Waals surface area contributed by atoms with Crippen LogP contribution in [0.2, 0.25) is 10.0 Å². The van der Waals surface area contributed by atoms with E-state index >= 15 is 0 Å². The molecule has 1 N–H and O–H groups in total. The molecule has 0 spiro atoms. The minimum atomic E-state index is -4.28. The van der Waals surface area contributed by atoms with Gasteiger partial charge in [-0.15, -0.1) is 0 Å². The van der Waals surface area contributed by atoms with E-state index in [2.05, 4.69) is 5.32 Å². The number of amides is 2. The molecule has 2 amide bonds. The van der Waals surface area contributed by atoms with Crippen LogP contribution in [-0.4, -0.2) is 43.8 Å². The van der Waals surface area contributed by atoms with Crippen LogP contribution in [-0.2, 0) is 26.2 Å². The van der Waals surface area contributed by atoms with Crippen LogP contribution in [0.4, 0.5) is 10.1 Å². The molecule has 218 valence electrons. The van der Waals surface area contributed by atoms with Gasteiger partial charge in [0.05, 0.1) is 15.6 Å². The van der Waals surface area contributed by atoms with Crippen molar-refractivity contribution in [3.63, 3.8) is 0 Å². The zero-order chi connectivity index (χ0) is 29.6. The highest BCUT2D eigenvalue weighted by Gasteiger charge is 2.34. The number of benzene rings is 3. The van der Waals surface area contributed by atoms with Gasteiger partial charge in [-0.1, -0.05) is 72.8 Å². The van der Waals surface area contributed by atoms with Crippen LogP contribution in [0, 0.1) is 5.82 Å². The SMILES string of the molecule is C[C@@H](C(=O)NC1CCCCC1)N(Cc1ccc(F)cc1)C(=O)CN(c1cc(Cl)ccc1Cl)S(=O)(=O)c1ccccc1. The molecule has 7 nitrogen and oxygen atoms in total. The van der Waals surface area contributed by atoms with Crippen molar-refractivity contribution in [1.29, 1.82) is 0 Å². The zero-order valence-corrected chi connectivity index (χ0v) is 24.9. The second-order valence-corrected chi connectivity index (χ2v) is 12.8. The Balaban J connectivity index is 1.69. The molecule has 11 heteroatoms. The predicted octanol–water partition coefficient (Wildman–Crippen LogP) is 6.19. The number of hydrogen-bond acceptors (Lipinski definition) is 4. The smallest absolute Gasteiger partial charge is 0.264 e. The van der Waals surface area contributed by atoms with Crippen LogP contribution in [0.3, 0.4) is 0 Å². The summed E-state index contributed by atoms with van der Waals surface area (Å²) in [4.78, 5) is 28.6. The molecule has 41 heavy (non-hydrogen) atoms. The van der Waals surface area contributed by atoms with E-state index in [4.69, 9.17) is 23.2 Å². The van der Waals surface area contributed by atoms with Crippen LogP contribution >= 0.6 is 23.2 Å². The maximum atomic E-state index is 14.0. The summed E-state index contributed by atoms with van der Waals surface area (Å²) in [6, 6.07) is 16.7. The molecule has 4 rings (SSSR count). The van der Waals surface area contributed by atoms with Gasteiger partial charge >= 0.3 is 0 Å². The third-order valence-corrected chi connectivity index (χ3v) is 9.50. The topological polar surface area (TPSA) is 86.8 Å². The van der Waals surface area contributed by atoms with Gasteiger partial charge in [0, 0.05) is 17.6 Å². The summed E-state index contributed by atoms with van der Waals surface area (Å²) in [6.45, 7) is 0.905. The lowest BCUT2D eigenvalue weighted by atomic mass is 9.95. The van der Waals surface area contributed by atoms with Crippen LogP contribution < -0.4 is 9.62 Å². The first kappa shape index (κ1) is 30.8. The summed E-state index contributed by atoms with van der Waals surface area (Å²) < 4.78 is 42.2. The molecule has 3 aromatic carbocycles. The Hall–Kier alpha value is -3.14. The lowest BCUT2D eigenvalue weighted by molar-refractivity contribution is -0.139. The fraction of sp³-hybridized carbons (Fsp3) is 0.333. The molecule has 1 atom stereocenters. The number of sulfonamides is 1. The molecule has 1 aliphatic rings. The highest BCUT2D eigenvalue weighted by molar-refractivity contribution is 7.92. The first-order valence-corrected chi connectivity index (χ1v) is 15.6. The molecular formula is C30H32Cl2FN3O4S. The fourth-order valence-corrected chi connectivity index (χ4v) is 6.73. The number of nitrogens with zero attached hydrogens (tertiary/aromatic N) is 2. The van der Waals surface area contributed by atoms with Crippen molar-refractivity contribution >= 4 is 50.7 Å². The Kier molecular flexibility index (Phi) is 10.3. The van der Waals surface area contributed by atoms with Crippen LogP contribution in [0.5, 0.6) is 0 Å². The first-order valence-electron chi connectivity index (χ1n) is 13.4. The van der Waals surface area contributed by atoms with E-state index < -0.39 is 34.3 Å². The Morgan fingerprint density at radius 1 is 0.976 bits per heavy atom. The third kappa shape index (κ3) is 7.78. The first-order chi connectivity index (χ1) is 19.6. The summed E-state index contributed by atoms with van der Waals surface area (Å²) in [5.74, 6) is -1.42. The monoisotopic (exact) mass is 619 g/mol. The van der Waals surface area contributed by atoms with Crippen molar-refractivity contribution in [3.05, 3.63) is 94.2 Å². The number of rotatable bonds is 10. The maximum Gasteiger partial charge on any atom is 0.264 e. The summed E-state index contributed by atoms with van der Waals surface area (Å²) in [6.07, 6.45) is 4.88. The van der Waals surface area contributed by atoms with E-state index in [1.165, 1.54) is 59.5 Å². The van der Waals surface area contributed by atoms with Gasteiger partial charge in [0.15, 0.2) is 0 Å². The summed E-state index contributed by atoms with van der Waals surface area (Å²) in [5, 5.41) is 3.35. The van der Waals surface area contributed by atoms with Gasteiger partial charge in [0.1, 0.15) is 18.4 Å². The second-order valence-electron chi connectivity index (χ2n) is 10.1. The van der Waals surface area contributed by atoms with Crippen molar-refractivity contribution < 1.29 is 22.4 Å². The van der Waals surface area contributed by atoms with Gasteiger partial charge in [0.25, 0.3) is 10.0 Å². The van der Waals surface area contributed by atoms with Crippen molar-refractivity contribution in [2.24, 2.45) is 0 Å². The molecule has 0 bridgehead atoms. The van der Waals surface area contributed by atoms with E-state index in [0.717, 1.165) is 36.4 Å². The van der Waals surface area contributed by atoms with Crippen molar-refractivity contribution in [1.82, 2.24) is 10.2 Å². The average molecular weight is 621 g/mol.